The first-order chi connectivity index (χ1) is 7.77. The van der Waals surface area contributed by atoms with Crippen LogP contribution in [-0.4, -0.2) is 11.9 Å². The zero-order valence-corrected chi connectivity index (χ0v) is 9.02. The van der Waals surface area contributed by atoms with E-state index in [4.69, 9.17) is 5.84 Å². The minimum Gasteiger partial charge on any atom is -0.322 e. The molecule has 1 aliphatic carbocycles. The standard InChI is InChI=1S/C12H15N3O/c13-15-10-7-2-1-6-9(10)14-12(16)11(15)8-4-3-5-8/h1-2,6-8,11H,3-5,13H2,(H,14,16). The van der Waals surface area contributed by atoms with Gasteiger partial charge in [0, 0.05) is 0 Å². The Labute approximate surface area is 94.4 Å². The summed E-state index contributed by atoms with van der Waals surface area (Å²) in [6, 6.07) is 7.47. The van der Waals surface area contributed by atoms with Crippen molar-refractivity contribution < 1.29 is 4.79 Å². The van der Waals surface area contributed by atoms with E-state index in [1.54, 1.807) is 5.01 Å². The number of hydrazine groups is 1. The van der Waals surface area contributed by atoms with E-state index >= 15 is 0 Å². The van der Waals surface area contributed by atoms with Crippen molar-refractivity contribution in [2.24, 2.45) is 11.8 Å². The highest BCUT2D eigenvalue weighted by Gasteiger charge is 2.39. The predicted molar refractivity (Wildman–Crippen MR) is 62.9 cm³/mol. The molecule has 1 fully saturated rings. The summed E-state index contributed by atoms with van der Waals surface area (Å²) >= 11 is 0. The van der Waals surface area contributed by atoms with Gasteiger partial charge in [-0.05, 0) is 30.9 Å². The van der Waals surface area contributed by atoms with E-state index in [2.05, 4.69) is 5.32 Å². The van der Waals surface area contributed by atoms with Crippen molar-refractivity contribution in [3.05, 3.63) is 24.3 Å². The fourth-order valence-electron chi connectivity index (χ4n) is 2.48. The van der Waals surface area contributed by atoms with Crippen LogP contribution in [0.5, 0.6) is 0 Å². The Hall–Kier alpha value is -1.55. The number of fused-ring (bicyclic) bond motifs is 1. The molecule has 0 radical (unpaired) electrons. The number of para-hydroxylation sites is 2. The molecule has 16 heavy (non-hydrogen) atoms. The van der Waals surface area contributed by atoms with Crippen molar-refractivity contribution in [1.29, 1.82) is 0 Å². The smallest absolute Gasteiger partial charge is 0.249 e. The van der Waals surface area contributed by atoms with Gasteiger partial charge in [0.05, 0.1) is 11.4 Å². The summed E-state index contributed by atoms with van der Waals surface area (Å²) in [4.78, 5) is 12.0. The molecule has 1 heterocycles. The minimum absolute atomic E-state index is 0.0332. The molecule has 1 aromatic rings. The van der Waals surface area contributed by atoms with Gasteiger partial charge < -0.3 is 5.32 Å². The van der Waals surface area contributed by atoms with E-state index in [1.165, 1.54) is 6.42 Å². The summed E-state index contributed by atoms with van der Waals surface area (Å²) in [5.41, 5.74) is 1.73. The van der Waals surface area contributed by atoms with Crippen LogP contribution in [-0.2, 0) is 4.79 Å². The maximum absolute atomic E-state index is 12.0. The van der Waals surface area contributed by atoms with E-state index in [9.17, 15) is 4.79 Å². The fourth-order valence-corrected chi connectivity index (χ4v) is 2.48. The van der Waals surface area contributed by atoms with Crippen LogP contribution in [0, 0.1) is 5.92 Å². The third-order valence-corrected chi connectivity index (χ3v) is 3.60. The first kappa shape index (κ1) is 9.66. The Morgan fingerprint density at radius 1 is 1.31 bits per heavy atom. The SMILES string of the molecule is NN1c2ccccc2NC(=O)C1C1CCC1. The minimum atomic E-state index is -0.191. The van der Waals surface area contributed by atoms with Crippen LogP contribution in [0.15, 0.2) is 24.3 Å². The molecule has 1 atom stereocenters. The number of anilines is 2. The van der Waals surface area contributed by atoms with E-state index in [0.29, 0.717) is 5.92 Å². The van der Waals surface area contributed by atoms with Gasteiger partial charge in [-0.1, -0.05) is 18.6 Å². The van der Waals surface area contributed by atoms with Crippen molar-refractivity contribution in [3.8, 4) is 0 Å². The molecule has 1 aliphatic heterocycles. The summed E-state index contributed by atoms with van der Waals surface area (Å²) in [5, 5.41) is 4.57. The lowest BCUT2D eigenvalue weighted by molar-refractivity contribution is -0.119. The van der Waals surface area contributed by atoms with E-state index in [-0.39, 0.29) is 11.9 Å². The van der Waals surface area contributed by atoms with Crippen LogP contribution in [0.2, 0.25) is 0 Å². The highest BCUT2D eigenvalue weighted by molar-refractivity contribution is 6.03. The molecule has 0 spiro atoms. The first-order valence-corrected chi connectivity index (χ1v) is 5.71. The summed E-state index contributed by atoms with van der Waals surface area (Å²) in [6.07, 6.45) is 3.42. The Bertz CT molecular complexity index is 428. The summed E-state index contributed by atoms with van der Waals surface area (Å²) in [7, 11) is 0. The maximum atomic E-state index is 12.0. The Morgan fingerprint density at radius 3 is 2.75 bits per heavy atom. The number of rotatable bonds is 1. The number of nitrogens with one attached hydrogen (secondary N) is 1. The molecule has 4 heteroatoms. The molecule has 0 saturated heterocycles. The van der Waals surface area contributed by atoms with Crippen LogP contribution in [0.1, 0.15) is 19.3 Å². The third kappa shape index (κ3) is 1.30. The number of hydrogen-bond donors (Lipinski definition) is 2. The van der Waals surface area contributed by atoms with E-state index < -0.39 is 0 Å². The topological polar surface area (TPSA) is 58.4 Å². The Morgan fingerprint density at radius 2 is 2.06 bits per heavy atom. The lowest BCUT2D eigenvalue weighted by Crippen LogP contribution is -2.56. The average molecular weight is 217 g/mol. The molecule has 2 aliphatic rings. The molecule has 1 saturated carbocycles. The second kappa shape index (κ2) is 3.49. The predicted octanol–water partition coefficient (Wildman–Crippen LogP) is 1.49. The molecule has 4 nitrogen and oxygen atoms in total. The second-order valence-corrected chi connectivity index (χ2v) is 4.55. The van der Waals surface area contributed by atoms with Gasteiger partial charge in [0.2, 0.25) is 5.91 Å². The van der Waals surface area contributed by atoms with Crippen molar-refractivity contribution in [3.63, 3.8) is 0 Å². The highest BCUT2D eigenvalue weighted by Crippen LogP contribution is 2.38. The molecule has 1 aromatic carbocycles. The normalized spacial score (nSPS) is 24.7. The van der Waals surface area contributed by atoms with Crippen molar-refractivity contribution in [2.75, 3.05) is 10.3 Å². The number of carbonyl (C=O) groups is 1. The Kier molecular flexibility index (Phi) is 2.11. The number of hydrogen-bond acceptors (Lipinski definition) is 3. The monoisotopic (exact) mass is 217 g/mol. The largest absolute Gasteiger partial charge is 0.322 e. The van der Waals surface area contributed by atoms with E-state index in [0.717, 1.165) is 24.2 Å². The average Bonchev–Trinajstić information content (AvgIpc) is 2.21. The third-order valence-electron chi connectivity index (χ3n) is 3.60. The van der Waals surface area contributed by atoms with Crippen LogP contribution >= 0.6 is 0 Å². The summed E-state index contributed by atoms with van der Waals surface area (Å²) in [6.45, 7) is 0. The summed E-state index contributed by atoms with van der Waals surface area (Å²) < 4.78 is 0. The lowest BCUT2D eigenvalue weighted by atomic mass is 9.78. The molecule has 0 aromatic heterocycles. The van der Waals surface area contributed by atoms with Gasteiger partial charge in [-0.15, -0.1) is 0 Å². The number of carbonyl (C=O) groups excluding carboxylic acids is 1. The quantitative estimate of drug-likeness (QED) is 0.701. The van der Waals surface area contributed by atoms with Crippen molar-refractivity contribution in [1.82, 2.24) is 0 Å². The Balaban J connectivity index is 1.96. The van der Waals surface area contributed by atoms with Gasteiger partial charge in [0.15, 0.2) is 0 Å². The molecule has 3 N–H and O–H groups in total. The van der Waals surface area contributed by atoms with Gasteiger partial charge in [-0.2, -0.15) is 0 Å². The van der Waals surface area contributed by atoms with Gasteiger partial charge in [-0.25, -0.2) is 5.84 Å². The fraction of sp³-hybridized carbons (Fsp3) is 0.417. The summed E-state index contributed by atoms with van der Waals surface area (Å²) in [5.74, 6) is 6.51. The van der Waals surface area contributed by atoms with Gasteiger partial charge in [0.1, 0.15) is 6.04 Å². The first-order valence-electron chi connectivity index (χ1n) is 5.71. The van der Waals surface area contributed by atoms with Gasteiger partial charge in [-0.3, -0.25) is 9.80 Å². The zero-order chi connectivity index (χ0) is 11.1. The maximum Gasteiger partial charge on any atom is 0.249 e. The zero-order valence-electron chi connectivity index (χ0n) is 9.02. The lowest BCUT2D eigenvalue weighted by Gasteiger charge is -2.42. The molecular weight excluding hydrogens is 202 g/mol. The molecule has 0 bridgehead atoms. The molecule has 3 rings (SSSR count). The molecule has 84 valence electrons. The van der Waals surface area contributed by atoms with E-state index in [1.807, 2.05) is 24.3 Å². The molecule has 1 unspecified atom stereocenters. The number of nitrogens with two attached hydrogens (primary N) is 1. The van der Waals surface area contributed by atoms with Gasteiger partial charge in [0.25, 0.3) is 0 Å². The van der Waals surface area contributed by atoms with Crippen LogP contribution in [0.3, 0.4) is 0 Å². The number of amides is 1. The van der Waals surface area contributed by atoms with Crippen LogP contribution in [0.25, 0.3) is 0 Å². The van der Waals surface area contributed by atoms with Crippen LogP contribution < -0.4 is 16.2 Å². The van der Waals surface area contributed by atoms with Gasteiger partial charge >= 0.3 is 0 Å². The molecule has 1 amide bonds. The highest BCUT2D eigenvalue weighted by atomic mass is 16.2. The second-order valence-electron chi connectivity index (χ2n) is 4.55. The van der Waals surface area contributed by atoms with Crippen LogP contribution in [0.4, 0.5) is 11.4 Å². The molecular formula is C12H15N3O. The number of nitrogens with zero attached hydrogens (tertiary/aromatic N) is 1. The number of benzene rings is 1. The van der Waals surface area contributed by atoms with Crippen molar-refractivity contribution in [2.45, 2.75) is 25.3 Å². The van der Waals surface area contributed by atoms with Crippen molar-refractivity contribution >= 4 is 17.3 Å².